The number of halogens is 1. The molecule has 0 aromatic heterocycles. The van der Waals surface area contributed by atoms with Gasteiger partial charge >= 0.3 is 0 Å². The van der Waals surface area contributed by atoms with Gasteiger partial charge in [0.05, 0.1) is 10.6 Å². The zero-order valence-electron chi connectivity index (χ0n) is 14.5. The fourth-order valence-electron chi connectivity index (χ4n) is 2.57. The van der Waals surface area contributed by atoms with E-state index in [1.807, 2.05) is 0 Å². The van der Waals surface area contributed by atoms with Crippen LogP contribution in [-0.4, -0.2) is 14.3 Å². The molecule has 0 heterocycles. The zero-order valence-corrected chi connectivity index (χ0v) is 15.3. The summed E-state index contributed by atoms with van der Waals surface area (Å²) in [6.45, 7) is 1.50. The van der Waals surface area contributed by atoms with E-state index in [9.17, 15) is 17.6 Å². The zero-order chi connectivity index (χ0) is 19.4. The third-order valence-electron chi connectivity index (χ3n) is 3.89. The molecule has 0 aliphatic rings. The molecule has 0 aliphatic carbocycles. The molecule has 3 aromatic carbocycles. The minimum Gasteiger partial charge on any atom is -0.267 e. The summed E-state index contributed by atoms with van der Waals surface area (Å²) in [5, 5.41) is 0. The second-order valence-electron chi connectivity index (χ2n) is 5.82. The highest BCUT2D eigenvalue weighted by Gasteiger charge is 2.28. The van der Waals surface area contributed by atoms with Gasteiger partial charge in [0, 0.05) is 5.56 Å². The van der Waals surface area contributed by atoms with Gasteiger partial charge in [0.15, 0.2) is 0 Å². The molecule has 3 aromatic rings. The lowest BCUT2D eigenvalue weighted by Gasteiger charge is -2.25. The molecule has 0 fully saturated rings. The van der Waals surface area contributed by atoms with Crippen molar-refractivity contribution in [3.05, 3.63) is 95.8 Å². The molecule has 0 spiro atoms. The first-order chi connectivity index (χ1) is 12.9. The number of anilines is 1. The Labute approximate surface area is 157 Å². The number of amides is 1. The van der Waals surface area contributed by atoms with Gasteiger partial charge in [-0.15, -0.1) is 0 Å². The molecule has 0 bridgehead atoms. The molecule has 1 N–H and O–H groups in total. The number of carbonyl (C=O) groups excluding carboxylic acids is 1. The fourth-order valence-corrected chi connectivity index (χ4v) is 4.08. The molecule has 0 saturated heterocycles. The van der Waals surface area contributed by atoms with Gasteiger partial charge in [0.25, 0.3) is 15.9 Å². The maximum atomic E-state index is 13.4. The molecule has 0 radical (unpaired) electrons. The number of carbonyl (C=O) groups is 1. The third kappa shape index (κ3) is 3.98. The van der Waals surface area contributed by atoms with Crippen LogP contribution in [0.2, 0.25) is 0 Å². The van der Waals surface area contributed by atoms with Gasteiger partial charge < -0.3 is 0 Å². The van der Waals surface area contributed by atoms with Crippen molar-refractivity contribution in [2.24, 2.45) is 0 Å². The minimum atomic E-state index is -4.17. The first-order valence-electron chi connectivity index (χ1n) is 8.12. The summed E-state index contributed by atoms with van der Waals surface area (Å²) in [5.41, 5.74) is 3.25. The molecule has 138 valence electrons. The van der Waals surface area contributed by atoms with Gasteiger partial charge in [-0.05, 0) is 55.0 Å². The van der Waals surface area contributed by atoms with Gasteiger partial charge in [0.1, 0.15) is 5.82 Å². The lowest BCUT2D eigenvalue weighted by Crippen LogP contribution is -2.46. The van der Waals surface area contributed by atoms with Crippen LogP contribution in [0.15, 0.2) is 83.8 Å². The summed E-state index contributed by atoms with van der Waals surface area (Å²) in [6.07, 6.45) is 0. The number of hydrazine groups is 1. The van der Waals surface area contributed by atoms with Gasteiger partial charge in [-0.1, -0.05) is 36.4 Å². The molecule has 0 saturated carbocycles. The van der Waals surface area contributed by atoms with E-state index in [0.29, 0.717) is 5.56 Å². The van der Waals surface area contributed by atoms with Crippen LogP contribution in [0.1, 0.15) is 15.9 Å². The molecular weight excluding hydrogens is 367 g/mol. The van der Waals surface area contributed by atoms with E-state index in [4.69, 9.17) is 0 Å². The molecule has 0 unspecified atom stereocenters. The Hall–Kier alpha value is -3.19. The molecule has 0 aliphatic heterocycles. The standard InChI is InChI=1S/C20H17FN2O3S/c1-15-14-17(21)12-13-19(15)27(25,26)23(18-10-6-3-7-11-18)22-20(24)16-8-4-2-5-9-16/h2-14H,1H3,(H,22,24). The summed E-state index contributed by atoms with van der Waals surface area (Å²) in [7, 11) is -4.17. The Kier molecular flexibility index (Phi) is 5.23. The largest absolute Gasteiger partial charge is 0.282 e. The van der Waals surface area contributed by atoms with E-state index in [0.717, 1.165) is 16.5 Å². The summed E-state index contributed by atoms with van der Waals surface area (Å²) in [4.78, 5) is 12.5. The lowest BCUT2D eigenvalue weighted by molar-refractivity contribution is 0.0955. The number of nitrogens with zero attached hydrogens (tertiary/aromatic N) is 1. The summed E-state index contributed by atoms with van der Waals surface area (Å²) < 4.78 is 40.7. The van der Waals surface area contributed by atoms with E-state index in [-0.39, 0.29) is 16.1 Å². The van der Waals surface area contributed by atoms with Crippen LogP contribution in [0, 0.1) is 12.7 Å². The van der Waals surface area contributed by atoms with E-state index in [2.05, 4.69) is 5.43 Å². The van der Waals surface area contributed by atoms with E-state index >= 15 is 0 Å². The molecule has 5 nitrogen and oxygen atoms in total. The highest BCUT2D eigenvalue weighted by atomic mass is 32.2. The van der Waals surface area contributed by atoms with Crippen molar-refractivity contribution in [2.45, 2.75) is 11.8 Å². The SMILES string of the molecule is Cc1cc(F)ccc1S(=O)(=O)N(NC(=O)c1ccccc1)c1ccccc1. The van der Waals surface area contributed by atoms with Crippen molar-refractivity contribution in [2.75, 3.05) is 4.41 Å². The Bertz CT molecular complexity index is 1060. The monoisotopic (exact) mass is 384 g/mol. The number of nitrogens with one attached hydrogen (secondary N) is 1. The van der Waals surface area contributed by atoms with Crippen LogP contribution in [0.25, 0.3) is 0 Å². The number of aryl methyl sites for hydroxylation is 1. The first kappa shape index (κ1) is 18.6. The topological polar surface area (TPSA) is 66.5 Å². The molecule has 1 amide bonds. The van der Waals surface area contributed by atoms with Crippen molar-refractivity contribution in [1.29, 1.82) is 0 Å². The van der Waals surface area contributed by atoms with E-state index in [1.54, 1.807) is 60.7 Å². The van der Waals surface area contributed by atoms with Crippen LogP contribution < -0.4 is 9.84 Å². The lowest BCUT2D eigenvalue weighted by atomic mass is 10.2. The van der Waals surface area contributed by atoms with Gasteiger partial charge in [-0.25, -0.2) is 9.82 Å². The molecule has 27 heavy (non-hydrogen) atoms. The number of sulfonamides is 1. The van der Waals surface area contributed by atoms with Gasteiger partial charge in [0.2, 0.25) is 0 Å². The van der Waals surface area contributed by atoms with Crippen molar-refractivity contribution in [3.8, 4) is 0 Å². The third-order valence-corrected chi connectivity index (χ3v) is 5.68. The Morgan fingerprint density at radius 3 is 2.11 bits per heavy atom. The van der Waals surface area contributed by atoms with Crippen molar-refractivity contribution in [1.82, 2.24) is 5.43 Å². The fraction of sp³-hybridized carbons (Fsp3) is 0.0500. The average molecular weight is 384 g/mol. The quantitative estimate of drug-likeness (QED) is 0.683. The second-order valence-corrected chi connectivity index (χ2v) is 7.58. The Balaban J connectivity index is 2.06. The average Bonchev–Trinajstić information content (AvgIpc) is 2.67. The first-order valence-corrected chi connectivity index (χ1v) is 9.56. The number of rotatable bonds is 5. The maximum Gasteiger partial charge on any atom is 0.282 e. The van der Waals surface area contributed by atoms with Crippen LogP contribution >= 0.6 is 0 Å². The highest BCUT2D eigenvalue weighted by Crippen LogP contribution is 2.24. The van der Waals surface area contributed by atoms with Gasteiger partial charge in [-0.2, -0.15) is 12.8 Å². The van der Waals surface area contributed by atoms with Crippen LogP contribution in [-0.2, 0) is 10.0 Å². The number of benzene rings is 3. The van der Waals surface area contributed by atoms with E-state index < -0.39 is 21.7 Å². The number of hydrogen-bond donors (Lipinski definition) is 1. The smallest absolute Gasteiger partial charge is 0.267 e. The molecular formula is C20H17FN2O3S. The van der Waals surface area contributed by atoms with Crippen molar-refractivity contribution < 1.29 is 17.6 Å². The summed E-state index contributed by atoms with van der Waals surface area (Å²) in [6, 6.07) is 19.8. The van der Waals surface area contributed by atoms with Crippen LogP contribution in [0.3, 0.4) is 0 Å². The predicted octanol–water partition coefficient (Wildman–Crippen LogP) is 3.67. The molecule has 3 rings (SSSR count). The molecule has 0 atom stereocenters. The van der Waals surface area contributed by atoms with Crippen molar-refractivity contribution in [3.63, 3.8) is 0 Å². The number of para-hydroxylation sites is 1. The predicted molar refractivity (Wildman–Crippen MR) is 101 cm³/mol. The van der Waals surface area contributed by atoms with Crippen LogP contribution in [0.5, 0.6) is 0 Å². The van der Waals surface area contributed by atoms with E-state index in [1.165, 1.54) is 13.0 Å². The number of hydrogen-bond acceptors (Lipinski definition) is 3. The second kappa shape index (κ2) is 7.59. The molecule has 7 heteroatoms. The normalized spacial score (nSPS) is 11.0. The maximum absolute atomic E-state index is 13.4. The highest BCUT2D eigenvalue weighted by molar-refractivity contribution is 7.92. The minimum absolute atomic E-state index is 0.0962. The van der Waals surface area contributed by atoms with Crippen molar-refractivity contribution >= 4 is 21.6 Å². The Morgan fingerprint density at radius 2 is 1.52 bits per heavy atom. The van der Waals surface area contributed by atoms with Crippen LogP contribution in [0.4, 0.5) is 10.1 Å². The summed E-state index contributed by atoms with van der Waals surface area (Å²) in [5.74, 6) is -1.12. The summed E-state index contributed by atoms with van der Waals surface area (Å²) >= 11 is 0. The van der Waals surface area contributed by atoms with Gasteiger partial charge in [-0.3, -0.25) is 4.79 Å². The Morgan fingerprint density at radius 1 is 0.926 bits per heavy atom.